The predicted molar refractivity (Wildman–Crippen MR) is 558 cm³/mol. The molecule has 0 radical (unpaired) electrons. The zero-order chi connectivity index (χ0) is 103. The summed E-state index contributed by atoms with van der Waals surface area (Å²) in [5.41, 5.74) is 4.60. The summed E-state index contributed by atoms with van der Waals surface area (Å²) in [4.78, 5) is 58.4. The van der Waals surface area contributed by atoms with Crippen molar-refractivity contribution in [2.45, 2.75) is 392 Å². The number of sulfone groups is 2. The highest BCUT2D eigenvalue weighted by atomic mass is 35.5. The number of nitrogens with zero attached hydrogens (tertiary/aromatic N) is 4. The molecule has 22 nitrogen and oxygen atoms in total. The Morgan fingerprint density at radius 1 is 0.521 bits per heavy atom. The largest absolute Gasteiger partial charge is 0.481 e. The number of alkyl halides is 1. The number of fused-ring (bicyclic) bond motifs is 14. The molecule has 2 aromatic heterocycles. The van der Waals surface area contributed by atoms with E-state index in [1.165, 1.54) is 111 Å². The number of hydrogen-bond acceptors (Lipinski definition) is 21. The van der Waals surface area contributed by atoms with Crippen LogP contribution in [-0.2, 0) is 53.1 Å². The summed E-state index contributed by atoms with van der Waals surface area (Å²) < 4.78 is 76.7. The van der Waals surface area contributed by atoms with Crippen LogP contribution in [0.25, 0.3) is 0 Å². The van der Waals surface area contributed by atoms with Crippen molar-refractivity contribution < 1.29 is 75.0 Å². The Morgan fingerprint density at radius 3 is 1.37 bits per heavy atom. The number of esters is 3. The van der Waals surface area contributed by atoms with Crippen molar-refractivity contribution in [2.75, 3.05) is 51.7 Å². The maximum atomic E-state index is 14.1. The second kappa shape index (κ2) is 43.4. The van der Waals surface area contributed by atoms with Crippen LogP contribution in [0.3, 0.4) is 0 Å². The summed E-state index contributed by atoms with van der Waals surface area (Å²) in [7, 11) is -6.17. The van der Waals surface area contributed by atoms with Crippen molar-refractivity contribution in [2.24, 2.45) is 113 Å². The Kier molecular flexibility index (Phi) is 33.9. The summed E-state index contributed by atoms with van der Waals surface area (Å²) in [5.74, 6) is 3.84. The molecule has 25 heteroatoms. The van der Waals surface area contributed by atoms with Crippen molar-refractivity contribution >= 4 is 55.2 Å². The van der Waals surface area contributed by atoms with Gasteiger partial charge in [0.1, 0.15) is 67.0 Å². The number of aliphatic hydroxyl groups is 2. The van der Waals surface area contributed by atoms with Crippen molar-refractivity contribution in [1.29, 1.82) is 10.5 Å². The molecule has 0 saturated heterocycles. The average Bonchev–Trinajstić information content (AvgIpc) is 1.13. The first-order chi connectivity index (χ1) is 67.0. The van der Waals surface area contributed by atoms with Gasteiger partial charge >= 0.3 is 23.9 Å². The number of carbonyl (C=O) groups is 4. The lowest BCUT2D eigenvalue weighted by Crippen LogP contribution is -2.68. The molecule has 10 fully saturated rings. The van der Waals surface area contributed by atoms with Crippen molar-refractivity contribution in [1.82, 2.24) is 20.6 Å². The molecule has 10 saturated carbocycles. The molecule has 20 atom stereocenters. The molecule has 0 aliphatic heterocycles. The third kappa shape index (κ3) is 21.4. The number of aromatic nitrogens is 2. The molecule has 2 heterocycles. The van der Waals surface area contributed by atoms with E-state index in [1.807, 2.05) is 0 Å². The number of carboxylic acids is 1. The van der Waals surface area contributed by atoms with Crippen LogP contribution < -0.4 is 20.1 Å². The van der Waals surface area contributed by atoms with E-state index in [2.05, 4.69) is 171 Å². The predicted octanol–water partition coefficient (Wildman–Crippen LogP) is 23.8. The minimum absolute atomic E-state index is 0.0151. The van der Waals surface area contributed by atoms with Gasteiger partial charge in [-0.05, 0) is 400 Å². The molecule has 0 aromatic carbocycles. The molecule has 16 rings (SSSR count). The van der Waals surface area contributed by atoms with Crippen molar-refractivity contribution in [3.05, 3.63) is 119 Å². The van der Waals surface area contributed by atoms with Crippen LogP contribution in [0.15, 0.2) is 108 Å². The minimum atomic E-state index is -3.09. The highest BCUT2D eigenvalue weighted by Crippen LogP contribution is 2.79. The lowest BCUT2D eigenvalue weighted by molar-refractivity contribution is -0.221. The number of allylic oxidation sites excluding steroid dienone is 10. The fourth-order valence-electron chi connectivity index (χ4n) is 33.9. The smallest absolute Gasteiger partial charge is 0.318 e. The van der Waals surface area contributed by atoms with Crippen LogP contribution in [0.1, 0.15) is 371 Å². The number of nitriles is 2. The Hall–Kier alpha value is -6.77. The second-order valence-electron chi connectivity index (χ2n) is 49.9. The summed E-state index contributed by atoms with van der Waals surface area (Å²) in [6.07, 6.45) is 54.2. The van der Waals surface area contributed by atoms with Gasteiger partial charge in [-0.15, -0.1) is 6.58 Å². The first kappa shape index (κ1) is 111. The van der Waals surface area contributed by atoms with Gasteiger partial charge in [-0.1, -0.05) is 163 Å². The van der Waals surface area contributed by atoms with Gasteiger partial charge in [-0.3, -0.25) is 19.2 Å². The van der Waals surface area contributed by atoms with Gasteiger partial charge in [0.15, 0.2) is 6.07 Å². The van der Waals surface area contributed by atoms with E-state index in [0.717, 1.165) is 96.6 Å². The number of aliphatic carboxylic acids is 1. The summed E-state index contributed by atoms with van der Waals surface area (Å²) >= 11 is 5.17. The second-order valence-corrected chi connectivity index (χ2v) is 54.8. The van der Waals surface area contributed by atoms with Crippen LogP contribution in [0.2, 0.25) is 0 Å². The molecule has 786 valence electrons. The van der Waals surface area contributed by atoms with Crippen LogP contribution >= 0.6 is 11.6 Å². The normalized spacial score (nSPS) is 38.3. The quantitative estimate of drug-likeness (QED) is 0.0146. The van der Waals surface area contributed by atoms with E-state index in [9.17, 15) is 61.9 Å². The zero-order valence-electron chi connectivity index (χ0n) is 88.8. The highest BCUT2D eigenvalue weighted by molar-refractivity contribution is 7.91. The summed E-state index contributed by atoms with van der Waals surface area (Å²) in [5, 5.41) is 60.7. The summed E-state index contributed by atoms with van der Waals surface area (Å²) in [6.45, 7) is 42.4. The van der Waals surface area contributed by atoms with E-state index in [-0.39, 0.29) is 114 Å². The Labute approximate surface area is 856 Å². The number of unbranched alkanes of at least 4 members (excludes halogenated alkanes) is 4. The Balaban J connectivity index is 0.000000207. The Morgan fingerprint density at radius 2 is 0.958 bits per heavy atom. The topological polar surface area (TPSA) is 341 Å². The first-order valence-electron chi connectivity index (χ1n) is 54.7. The molecule has 14 aliphatic carbocycles. The maximum absolute atomic E-state index is 14.1. The molecule has 0 unspecified atom stereocenters. The number of carboxylic acid groups (broad SMARTS) is 1. The maximum Gasteiger partial charge on any atom is 0.318 e. The van der Waals surface area contributed by atoms with Gasteiger partial charge in [0.25, 0.3) is 0 Å². The lowest BCUT2D eigenvalue weighted by atomic mass is 9.33. The monoisotopic (exact) mass is 2020 g/mol. The van der Waals surface area contributed by atoms with Gasteiger partial charge in [0.05, 0.1) is 21.7 Å². The molecular weight excluding hydrogens is 1840 g/mol. The lowest BCUT2D eigenvalue weighted by Gasteiger charge is -2.72. The van der Waals surface area contributed by atoms with Crippen LogP contribution in [0.5, 0.6) is 11.8 Å². The van der Waals surface area contributed by atoms with Crippen LogP contribution in [0.4, 0.5) is 0 Å². The van der Waals surface area contributed by atoms with Gasteiger partial charge in [0.2, 0.25) is 18.6 Å². The van der Waals surface area contributed by atoms with E-state index in [1.54, 1.807) is 36.7 Å². The van der Waals surface area contributed by atoms with E-state index >= 15 is 0 Å². The van der Waals surface area contributed by atoms with Gasteiger partial charge < -0.3 is 49.6 Å². The standard InChI is InChI=1S/C59H87N3O8S.C51H73N3O6S.C7H13ClO2/c1-10-11-12-15-49(63)69-39-70-52(64)57(38-68-51-42(37-60)14-13-35-61-51)27-18-41(19-28-57)45-23-25-54(6)47(53(45,4)5)24-26-56(8)48(54)17-16-46-50-44(40(2)3)22-31-59(50,33-32-55(46,56)7)62-36-34-58(65)29-20-43(21-30-58)71(9,66)67;1-8-34-15-26-51(54-31-29-50(57)24-16-37(17-25-50)61(7,58)59)28-27-47(5)39(42(34)51)11-12-41-46(4)20-18-38(45(2,3)40(46)19-21-48(41,47)6)35-13-22-49(23-14-35,44(55)56)33-60-43-36(32-52)10-9-30-53-43;1-2-3-4-5-7(9)10-6-8/h13-14,18,23,35,43-44,46-48,50,62,65H,2,10-12,15-17,19-22,24-34,36,38-39H2,1,3-9H3;8-10,13,18,30,34,37,39-42,54,57H,1,11-12,14-17,19-29,31,33H2,2-7H3,(H,55,56);2-6H2,1H3/t43?,44-,46+,47-,48+,50+,54-,55+,56+,57+,58?,59-;34-,37?,39-,40+,41-,42-,46+,47-,48-,49-,50?,51+;/m01./s1. The molecule has 14 aliphatic rings. The highest BCUT2D eigenvalue weighted by Gasteiger charge is 2.73. The number of hydrogen-bond donors (Lipinski definition) is 5. The van der Waals surface area contributed by atoms with Crippen LogP contribution in [-0.4, -0.2) is 150 Å². The third-order valence-electron chi connectivity index (χ3n) is 42.2. The molecule has 0 amide bonds. The number of pyridine rings is 2. The average molecular weight is 2020 g/mol. The van der Waals surface area contributed by atoms with Crippen molar-refractivity contribution in [3.8, 4) is 23.9 Å². The molecule has 0 bridgehead atoms. The summed E-state index contributed by atoms with van der Waals surface area (Å²) in [6, 6.07) is 10.9. The fraction of sp³-hybridized carbons (Fsp3) is 0.761. The van der Waals surface area contributed by atoms with Crippen LogP contribution in [0, 0.1) is 136 Å². The van der Waals surface area contributed by atoms with Gasteiger partial charge in [-0.2, -0.15) is 10.5 Å². The fourth-order valence-corrected chi connectivity index (χ4v) is 36.2. The Bertz CT molecular complexity index is 5390. The number of ether oxygens (including phenoxy) is 5. The van der Waals surface area contributed by atoms with E-state index < -0.39 is 60.4 Å². The molecular formula is C117H173ClN6O16S2. The third-order valence-corrected chi connectivity index (χ3v) is 45.7. The number of rotatable bonds is 33. The molecule has 142 heavy (non-hydrogen) atoms. The van der Waals surface area contributed by atoms with Crippen molar-refractivity contribution in [3.63, 3.8) is 0 Å². The van der Waals surface area contributed by atoms with Gasteiger partial charge in [-0.25, -0.2) is 26.8 Å². The minimum Gasteiger partial charge on any atom is -0.481 e. The van der Waals surface area contributed by atoms with Gasteiger partial charge in [0, 0.05) is 48.8 Å². The van der Waals surface area contributed by atoms with E-state index in [4.69, 9.17) is 30.5 Å². The number of halogens is 1. The number of carbonyl (C=O) groups excluding carboxylic acids is 3. The SMILES string of the molecule is C=C(C)[C@@H]1CC[C@]2(NCCC3(O)CCC(S(C)(=O)=O)CC3)CC[C@]3(C)[C@H](CC[C@@H]4[C@@]5(C)CC=C(C6=CC[C@@](COc7ncccc7C#N)(C(=O)OCOC(=O)CCCCC)CC6)C(C)(C)[C@@H]5CC[C@]43C)[C@@H]12.C=C[C@@H]1CC[C@]2(NCCC3(O)CCC(S(C)(=O)=O)CC3)CC[C@]3(C)[C@H](CC[C@@H]4[C@@]5(C)CC=C(C6=CC[C@@](COc7ncccc7C#N)(C(=O)O)CC6)C(C)(C)[C@@H]5CC[C@]43C)[C@@H]12.CCCCCC(=O)OCCl. The first-order valence-corrected chi connectivity index (χ1v) is 59.1. The molecule has 5 N–H and O–H groups in total. The van der Waals surface area contributed by atoms with E-state index in [0.29, 0.717) is 179 Å². The molecule has 0 spiro atoms. The zero-order valence-corrected chi connectivity index (χ0v) is 91.2. The molecule has 2 aromatic rings. The number of nitrogens with one attached hydrogen (secondary N) is 2.